The van der Waals surface area contributed by atoms with Gasteiger partial charge in [0.05, 0.1) is 17.8 Å². The average Bonchev–Trinajstić information content (AvgIpc) is 2.72. The third-order valence-corrected chi connectivity index (χ3v) is 3.64. The number of pyridine rings is 1. The van der Waals surface area contributed by atoms with Crippen molar-refractivity contribution in [3.63, 3.8) is 0 Å². The van der Waals surface area contributed by atoms with Gasteiger partial charge >= 0.3 is 0 Å². The minimum Gasteiger partial charge on any atom is -0.380 e. The van der Waals surface area contributed by atoms with E-state index in [1.54, 1.807) is 7.11 Å². The van der Waals surface area contributed by atoms with E-state index in [4.69, 9.17) is 4.74 Å². The fourth-order valence-electron chi connectivity index (χ4n) is 2.70. The molecule has 2 aliphatic rings. The quantitative estimate of drug-likeness (QED) is 0.775. The second-order valence-corrected chi connectivity index (χ2v) is 4.61. The Morgan fingerprint density at radius 1 is 1.56 bits per heavy atom. The normalized spacial score (nSPS) is 27.2. The van der Waals surface area contributed by atoms with Crippen molar-refractivity contribution >= 4 is 11.5 Å². The summed E-state index contributed by atoms with van der Waals surface area (Å²) in [6.07, 6.45) is 3.33. The van der Waals surface area contributed by atoms with E-state index in [1.165, 1.54) is 11.3 Å². The Morgan fingerprint density at radius 3 is 3.25 bits per heavy atom. The Morgan fingerprint density at radius 2 is 2.44 bits per heavy atom. The standard InChI is InChI=1S/C12H17N3O/c1-8-3-4-13-12-11(8)14-6-9-5-10(16-2)7-15(9)12/h3-4,9-10,14H,5-7H2,1-2H3. The number of nitrogens with one attached hydrogen (secondary N) is 1. The third kappa shape index (κ3) is 1.37. The number of rotatable bonds is 1. The van der Waals surface area contributed by atoms with Gasteiger partial charge in [0.15, 0.2) is 5.82 Å². The molecule has 4 nitrogen and oxygen atoms in total. The van der Waals surface area contributed by atoms with Crippen molar-refractivity contribution in [3.05, 3.63) is 17.8 Å². The van der Waals surface area contributed by atoms with E-state index in [1.807, 2.05) is 6.20 Å². The first kappa shape index (κ1) is 9.90. The van der Waals surface area contributed by atoms with Gasteiger partial charge in [0.1, 0.15) is 0 Å². The van der Waals surface area contributed by atoms with Crippen molar-refractivity contribution in [1.29, 1.82) is 0 Å². The monoisotopic (exact) mass is 219 g/mol. The van der Waals surface area contributed by atoms with Crippen LogP contribution in [0.1, 0.15) is 12.0 Å². The van der Waals surface area contributed by atoms with E-state index in [0.29, 0.717) is 12.1 Å². The van der Waals surface area contributed by atoms with Gasteiger partial charge in [-0.3, -0.25) is 0 Å². The molecule has 0 radical (unpaired) electrons. The Balaban J connectivity index is 1.97. The van der Waals surface area contributed by atoms with Crippen molar-refractivity contribution in [3.8, 4) is 0 Å². The summed E-state index contributed by atoms with van der Waals surface area (Å²) in [4.78, 5) is 6.88. The number of nitrogens with zero attached hydrogens (tertiary/aromatic N) is 2. The first-order chi connectivity index (χ1) is 7.79. The molecule has 3 heterocycles. The summed E-state index contributed by atoms with van der Waals surface area (Å²) in [7, 11) is 1.79. The van der Waals surface area contributed by atoms with E-state index in [-0.39, 0.29) is 0 Å². The lowest BCUT2D eigenvalue weighted by molar-refractivity contribution is 0.118. The van der Waals surface area contributed by atoms with Gasteiger partial charge in [0, 0.05) is 26.4 Å². The predicted octanol–water partition coefficient (Wildman–Crippen LogP) is 1.41. The minimum absolute atomic E-state index is 0.347. The van der Waals surface area contributed by atoms with E-state index in [9.17, 15) is 0 Å². The van der Waals surface area contributed by atoms with Gasteiger partial charge in [0.25, 0.3) is 0 Å². The Bertz CT molecular complexity index is 407. The fraction of sp³-hybridized carbons (Fsp3) is 0.583. The van der Waals surface area contributed by atoms with Crippen LogP contribution < -0.4 is 10.2 Å². The van der Waals surface area contributed by atoms with Crippen LogP contribution in [0.5, 0.6) is 0 Å². The topological polar surface area (TPSA) is 37.4 Å². The Labute approximate surface area is 95.6 Å². The number of anilines is 2. The van der Waals surface area contributed by atoms with E-state index >= 15 is 0 Å². The van der Waals surface area contributed by atoms with Gasteiger partial charge in [-0.25, -0.2) is 4.98 Å². The molecule has 1 aromatic rings. The molecule has 1 fully saturated rings. The summed E-state index contributed by atoms with van der Waals surface area (Å²) in [6, 6.07) is 2.59. The second-order valence-electron chi connectivity index (χ2n) is 4.61. The average molecular weight is 219 g/mol. The van der Waals surface area contributed by atoms with Gasteiger partial charge in [0.2, 0.25) is 0 Å². The number of hydrogen-bond acceptors (Lipinski definition) is 4. The molecule has 2 atom stereocenters. The molecule has 0 bridgehead atoms. The van der Waals surface area contributed by atoms with Crippen LogP contribution in [0.15, 0.2) is 12.3 Å². The van der Waals surface area contributed by atoms with Gasteiger partial charge in [-0.05, 0) is 25.0 Å². The zero-order valence-corrected chi connectivity index (χ0v) is 9.73. The van der Waals surface area contributed by atoms with Crippen molar-refractivity contribution < 1.29 is 4.74 Å². The number of aryl methyl sites for hydroxylation is 1. The summed E-state index contributed by atoms with van der Waals surface area (Å²) in [5.41, 5.74) is 2.46. The summed E-state index contributed by atoms with van der Waals surface area (Å²) in [6.45, 7) is 4.09. The summed E-state index contributed by atoms with van der Waals surface area (Å²) in [5, 5.41) is 3.49. The van der Waals surface area contributed by atoms with Crippen molar-refractivity contribution in [2.45, 2.75) is 25.5 Å². The van der Waals surface area contributed by atoms with E-state index in [2.05, 4.69) is 28.2 Å². The molecule has 1 saturated heterocycles. The highest BCUT2D eigenvalue weighted by atomic mass is 16.5. The third-order valence-electron chi connectivity index (χ3n) is 3.64. The van der Waals surface area contributed by atoms with Crippen molar-refractivity contribution in [1.82, 2.24) is 4.98 Å². The Hall–Kier alpha value is -1.29. The zero-order valence-electron chi connectivity index (χ0n) is 9.73. The molecule has 3 rings (SSSR count). The smallest absolute Gasteiger partial charge is 0.152 e. The lowest BCUT2D eigenvalue weighted by Gasteiger charge is -2.33. The summed E-state index contributed by atoms with van der Waals surface area (Å²) >= 11 is 0. The predicted molar refractivity (Wildman–Crippen MR) is 64.0 cm³/mol. The van der Waals surface area contributed by atoms with Crippen LogP contribution in [0, 0.1) is 6.92 Å². The van der Waals surface area contributed by atoms with Crippen molar-refractivity contribution in [2.75, 3.05) is 30.4 Å². The second kappa shape index (κ2) is 3.63. The van der Waals surface area contributed by atoms with Crippen LogP contribution in [0.4, 0.5) is 11.5 Å². The van der Waals surface area contributed by atoms with Crippen LogP contribution in [-0.2, 0) is 4.74 Å². The molecule has 2 unspecified atom stereocenters. The molecule has 86 valence electrons. The van der Waals surface area contributed by atoms with E-state index < -0.39 is 0 Å². The van der Waals surface area contributed by atoms with Crippen molar-refractivity contribution in [2.24, 2.45) is 0 Å². The molecule has 4 heteroatoms. The molecular formula is C12H17N3O. The molecule has 0 amide bonds. The summed E-state index contributed by atoms with van der Waals surface area (Å²) in [5.74, 6) is 1.09. The fourth-order valence-corrected chi connectivity index (χ4v) is 2.70. The largest absolute Gasteiger partial charge is 0.380 e. The molecular weight excluding hydrogens is 202 g/mol. The van der Waals surface area contributed by atoms with Crippen LogP contribution in [0.25, 0.3) is 0 Å². The summed E-state index contributed by atoms with van der Waals surface area (Å²) < 4.78 is 5.45. The molecule has 1 N–H and O–H groups in total. The number of ether oxygens (including phenoxy) is 1. The van der Waals surface area contributed by atoms with Gasteiger partial charge in [-0.1, -0.05) is 0 Å². The molecule has 0 spiro atoms. The highest BCUT2D eigenvalue weighted by Gasteiger charge is 2.36. The number of methoxy groups -OCH3 is 1. The molecule has 1 aromatic heterocycles. The van der Waals surface area contributed by atoms with Gasteiger partial charge in [-0.2, -0.15) is 0 Å². The zero-order chi connectivity index (χ0) is 11.1. The van der Waals surface area contributed by atoms with E-state index in [0.717, 1.165) is 25.3 Å². The van der Waals surface area contributed by atoms with Crippen LogP contribution >= 0.6 is 0 Å². The van der Waals surface area contributed by atoms with Crippen LogP contribution in [0.3, 0.4) is 0 Å². The van der Waals surface area contributed by atoms with Gasteiger partial charge < -0.3 is 15.0 Å². The van der Waals surface area contributed by atoms with Crippen LogP contribution in [0.2, 0.25) is 0 Å². The first-order valence-electron chi connectivity index (χ1n) is 5.78. The van der Waals surface area contributed by atoms with Crippen LogP contribution in [-0.4, -0.2) is 37.3 Å². The highest BCUT2D eigenvalue weighted by Crippen LogP contribution is 2.36. The maximum absolute atomic E-state index is 5.45. The SMILES string of the molecule is COC1CC2CNc3c(C)ccnc3N2C1. The molecule has 16 heavy (non-hydrogen) atoms. The lowest BCUT2D eigenvalue weighted by Crippen LogP contribution is -2.40. The maximum atomic E-state index is 5.45. The highest BCUT2D eigenvalue weighted by molar-refractivity contribution is 5.72. The number of hydrogen-bond donors (Lipinski definition) is 1. The number of fused-ring (bicyclic) bond motifs is 3. The molecule has 0 aromatic carbocycles. The maximum Gasteiger partial charge on any atom is 0.152 e. The molecule has 0 saturated carbocycles. The molecule has 2 aliphatic heterocycles. The van der Waals surface area contributed by atoms with Gasteiger partial charge in [-0.15, -0.1) is 0 Å². The number of aromatic nitrogens is 1. The Kier molecular flexibility index (Phi) is 2.24. The molecule has 0 aliphatic carbocycles. The minimum atomic E-state index is 0.347. The first-order valence-corrected chi connectivity index (χ1v) is 5.78. The lowest BCUT2D eigenvalue weighted by atomic mass is 10.1.